The van der Waals surface area contributed by atoms with Crippen molar-refractivity contribution in [3.8, 4) is 6.07 Å². The van der Waals surface area contributed by atoms with Crippen molar-refractivity contribution in [3.05, 3.63) is 0 Å². The highest BCUT2D eigenvalue weighted by Gasteiger charge is 2.22. The summed E-state index contributed by atoms with van der Waals surface area (Å²) in [5, 5.41) is 11.3. The molecule has 0 saturated carbocycles. The van der Waals surface area contributed by atoms with Crippen LogP contribution in [0.1, 0.15) is 39.0 Å². The van der Waals surface area contributed by atoms with Gasteiger partial charge in [-0.15, -0.1) is 0 Å². The van der Waals surface area contributed by atoms with Crippen LogP contribution in [0, 0.1) is 17.2 Å². The second-order valence-corrected chi connectivity index (χ2v) is 5.17. The molecule has 1 rings (SSSR count). The number of Topliss-reactive ketones (excluding diaryl/α,β-unsaturated/α-hetero) is 1. The van der Waals surface area contributed by atoms with E-state index in [0.717, 1.165) is 12.8 Å². The van der Waals surface area contributed by atoms with Gasteiger partial charge in [0.15, 0.2) is 0 Å². The van der Waals surface area contributed by atoms with Gasteiger partial charge in [-0.05, 0) is 25.7 Å². The van der Waals surface area contributed by atoms with E-state index < -0.39 is 0 Å². The molecule has 1 aliphatic rings. The van der Waals surface area contributed by atoms with E-state index in [2.05, 4.69) is 5.32 Å². The van der Waals surface area contributed by atoms with Gasteiger partial charge in [-0.3, -0.25) is 9.59 Å². The van der Waals surface area contributed by atoms with E-state index in [1.54, 1.807) is 4.90 Å². The summed E-state index contributed by atoms with van der Waals surface area (Å²) in [4.78, 5) is 35.5. The maximum atomic E-state index is 11.5. The molecule has 0 radical (unpaired) electrons. The number of piperidine rings is 1. The van der Waals surface area contributed by atoms with Crippen LogP contribution in [0.15, 0.2) is 0 Å². The van der Waals surface area contributed by atoms with Gasteiger partial charge < -0.3 is 15.0 Å². The fraction of sp³-hybridized carbons (Fsp3) is 0.714. The van der Waals surface area contributed by atoms with Gasteiger partial charge in [0.25, 0.3) is 0 Å². The Hall–Kier alpha value is -1.90. The first-order valence-corrected chi connectivity index (χ1v) is 6.93. The molecule has 20 heavy (non-hydrogen) atoms. The summed E-state index contributed by atoms with van der Waals surface area (Å²) in [6, 6.07) is 1.86. The molecule has 1 heterocycles. The molecule has 0 aromatic heterocycles. The quantitative estimate of drug-likeness (QED) is 0.772. The first-order chi connectivity index (χ1) is 9.52. The molecule has 110 valence electrons. The molecule has 0 unspecified atom stereocenters. The summed E-state index contributed by atoms with van der Waals surface area (Å²) in [5.41, 5.74) is 0. The lowest BCUT2D eigenvalue weighted by Gasteiger charge is -2.31. The fourth-order valence-corrected chi connectivity index (χ4v) is 2.20. The van der Waals surface area contributed by atoms with Crippen LogP contribution < -0.4 is 5.32 Å². The van der Waals surface area contributed by atoms with Gasteiger partial charge >= 0.3 is 0 Å². The maximum Gasteiger partial charge on any atom is 0.236 e. The third kappa shape index (κ3) is 5.83. The first-order valence-electron chi connectivity index (χ1n) is 6.93. The number of hydrogen-bond acceptors (Lipinski definition) is 4. The van der Waals surface area contributed by atoms with Crippen LogP contribution in [0.25, 0.3) is 0 Å². The second kappa shape index (κ2) is 8.31. The average Bonchev–Trinajstić information content (AvgIpc) is 2.43. The standard InChI is InChI=1S/C14H21N3O3/c1-11(18)2-3-13(19)16-10-12-5-8-17(9-6-12)14(20)4-7-15/h12H,2-6,8-10H2,1H3,(H,16,19). The number of nitrogens with zero attached hydrogens (tertiary/aromatic N) is 2. The largest absolute Gasteiger partial charge is 0.356 e. The molecule has 1 N–H and O–H groups in total. The minimum atomic E-state index is -0.114. The summed E-state index contributed by atoms with van der Waals surface area (Å²) in [6.07, 6.45) is 2.14. The Morgan fingerprint density at radius 2 is 1.90 bits per heavy atom. The first kappa shape index (κ1) is 16.2. The molecule has 1 aliphatic heterocycles. The molecule has 6 heteroatoms. The Bertz CT molecular complexity index is 406. The normalized spacial score (nSPS) is 15.5. The van der Waals surface area contributed by atoms with Crippen molar-refractivity contribution in [1.82, 2.24) is 10.2 Å². The maximum absolute atomic E-state index is 11.5. The van der Waals surface area contributed by atoms with Gasteiger partial charge in [-0.25, -0.2) is 0 Å². The third-order valence-electron chi connectivity index (χ3n) is 3.49. The number of rotatable bonds is 6. The summed E-state index contributed by atoms with van der Waals surface area (Å²) in [5.74, 6) is 0.173. The molecule has 0 aromatic rings. The Kier molecular flexibility index (Phi) is 6.71. The van der Waals surface area contributed by atoms with Crippen LogP contribution in [-0.2, 0) is 14.4 Å². The van der Waals surface area contributed by atoms with E-state index in [0.29, 0.717) is 25.6 Å². The smallest absolute Gasteiger partial charge is 0.236 e. The molecular formula is C14H21N3O3. The topological polar surface area (TPSA) is 90.3 Å². The van der Waals surface area contributed by atoms with Crippen molar-refractivity contribution in [2.45, 2.75) is 39.0 Å². The van der Waals surface area contributed by atoms with Crippen LogP contribution in [-0.4, -0.2) is 42.1 Å². The average molecular weight is 279 g/mol. The second-order valence-electron chi connectivity index (χ2n) is 5.17. The molecule has 0 aliphatic carbocycles. The molecule has 0 aromatic carbocycles. The predicted molar refractivity (Wildman–Crippen MR) is 72.5 cm³/mol. The van der Waals surface area contributed by atoms with Crippen molar-refractivity contribution < 1.29 is 14.4 Å². The zero-order valence-electron chi connectivity index (χ0n) is 11.9. The van der Waals surface area contributed by atoms with E-state index in [1.807, 2.05) is 6.07 Å². The Balaban J connectivity index is 2.19. The molecule has 0 spiro atoms. The Labute approximate surface area is 119 Å². The van der Waals surface area contributed by atoms with Crippen molar-refractivity contribution >= 4 is 17.6 Å². The summed E-state index contributed by atoms with van der Waals surface area (Å²) < 4.78 is 0. The predicted octanol–water partition coefficient (Wildman–Crippen LogP) is 0.624. The van der Waals surface area contributed by atoms with Gasteiger partial charge in [0.2, 0.25) is 11.8 Å². The van der Waals surface area contributed by atoms with Gasteiger partial charge in [0.05, 0.1) is 6.07 Å². The van der Waals surface area contributed by atoms with Crippen molar-refractivity contribution in [2.24, 2.45) is 5.92 Å². The molecular weight excluding hydrogens is 258 g/mol. The molecule has 6 nitrogen and oxygen atoms in total. The van der Waals surface area contributed by atoms with Gasteiger partial charge in [-0.1, -0.05) is 0 Å². The third-order valence-corrected chi connectivity index (χ3v) is 3.49. The number of ketones is 1. The van der Waals surface area contributed by atoms with E-state index in [1.165, 1.54) is 6.92 Å². The van der Waals surface area contributed by atoms with Crippen molar-refractivity contribution in [1.29, 1.82) is 5.26 Å². The summed E-state index contributed by atoms with van der Waals surface area (Å²) in [7, 11) is 0. The van der Waals surface area contributed by atoms with Crippen LogP contribution in [0.5, 0.6) is 0 Å². The number of nitrogens with one attached hydrogen (secondary N) is 1. The van der Waals surface area contributed by atoms with Crippen LogP contribution in [0.3, 0.4) is 0 Å². The highest BCUT2D eigenvalue weighted by molar-refractivity contribution is 5.83. The molecule has 0 bridgehead atoms. The van der Waals surface area contributed by atoms with Crippen LogP contribution >= 0.6 is 0 Å². The molecule has 1 fully saturated rings. The monoisotopic (exact) mass is 279 g/mol. The lowest BCUT2D eigenvalue weighted by molar-refractivity contribution is -0.131. The van der Waals surface area contributed by atoms with Crippen LogP contribution in [0.4, 0.5) is 0 Å². The summed E-state index contributed by atoms with van der Waals surface area (Å²) >= 11 is 0. The fourth-order valence-electron chi connectivity index (χ4n) is 2.20. The van der Waals surface area contributed by atoms with Gasteiger partial charge in [-0.2, -0.15) is 5.26 Å². The number of amides is 2. The minimum absolute atomic E-state index is 0.0180. The SMILES string of the molecule is CC(=O)CCC(=O)NCC1CCN(C(=O)CC#N)CC1. The van der Waals surface area contributed by atoms with Crippen molar-refractivity contribution in [2.75, 3.05) is 19.6 Å². The number of carbonyl (C=O) groups excluding carboxylic acids is 3. The number of likely N-dealkylation sites (tertiary alicyclic amines) is 1. The lowest BCUT2D eigenvalue weighted by atomic mass is 9.96. The van der Waals surface area contributed by atoms with E-state index in [4.69, 9.17) is 5.26 Å². The molecule has 2 amide bonds. The molecule has 0 atom stereocenters. The number of nitriles is 1. The Morgan fingerprint density at radius 3 is 2.45 bits per heavy atom. The number of carbonyl (C=O) groups is 3. The lowest BCUT2D eigenvalue weighted by Crippen LogP contribution is -2.41. The van der Waals surface area contributed by atoms with Crippen molar-refractivity contribution in [3.63, 3.8) is 0 Å². The minimum Gasteiger partial charge on any atom is -0.356 e. The van der Waals surface area contributed by atoms with Gasteiger partial charge in [0, 0.05) is 32.5 Å². The van der Waals surface area contributed by atoms with E-state index in [9.17, 15) is 14.4 Å². The summed E-state index contributed by atoms with van der Waals surface area (Å²) in [6.45, 7) is 3.36. The highest BCUT2D eigenvalue weighted by atomic mass is 16.2. The van der Waals surface area contributed by atoms with Crippen LogP contribution in [0.2, 0.25) is 0 Å². The highest BCUT2D eigenvalue weighted by Crippen LogP contribution is 2.17. The zero-order chi connectivity index (χ0) is 15.0. The van der Waals surface area contributed by atoms with E-state index in [-0.39, 0.29) is 36.9 Å². The zero-order valence-corrected chi connectivity index (χ0v) is 11.9. The number of hydrogen-bond donors (Lipinski definition) is 1. The van der Waals surface area contributed by atoms with E-state index >= 15 is 0 Å². The Morgan fingerprint density at radius 1 is 1.25 bits per heavy atom. The molecule has 1 saturated heterocycles. The van der Waals surface area contributed by atoms with Gasteiger partial charge in [0.1, 0.15) is 12.2 Å².